The highest BCUT2D eigenvalue weighted by molar-refractivity contribution is 9.11. The molecule has 0 amide bonds. The van der Waals surface area contributed by atoms with Crippen molar-refractivity contribution >= 4 is 49.1 Å². The first-order chi connectivity index (χ1) is 7.56. The highest BCUT2D eigenvalue weighted by Gasteiger charge is 2.05. The van der Waals surface area contributed by atoms with E-state index >= 15 is 0 Å². The molecule has 7 heteroatoms. The van der Waals surface area contributed by atoms with E-state index in [9.17, 15) is 0 Å². The van der Waals surface area contributed by atoms with Crippen molar-refractivity contribution in [2.24, 2.45) is 10.8 Å². The Morgan fingerprint density at radius 2 is 2.00 bits per heavy atom. The lowest BCUT2D eigenvalue weighted by Crippen LogP contribution is -2.21. The summed E-state index contributed by atoms with van der Waals surface area (Å²) in [6.45, 7) is 0. The van der Waals surface area contributed by atoms with Gasteiger partial charge in [-0.15, -0.1) is 0 Å². The van der Waals surface area contributed by atoms with Gasteiger partial charge in [-0.3, -0.25) is 10.8 Å². The minimum Gasteiger partial charge on any atom is -0.382 e. The van der Waals surface area contributed by atoms with Crippen molar-refractivity contribution in [2.45, 2.75) is 0 Å². The van der Waals surface area contributed by atoms with E-state index in [1.165, 1.54) is 0 Å². The van der Waals surface area contributed by atoms with Crippen molar-refractivity contribution in [1.82, 2.24) is 0 Å². The van der Waals surface area contributed by atoms with Crippen LogP contribution in [0.5, 0.6) is 0 Å². The van der Waals surface area contributed by atoms with Crippen LogP contribution < -0.4 is 11.2 Å². The number of anilines is 1. The van der Waals surface area contributed by atoms with Crippen LogP contribution >= 0.6 is 31.9 Å². The predicted molar refractivity (Wildman–Crippen MR) is 70.4 cm³/mol. The average Bonchev–Trinajstić information content (AvgIpc) is 2.22. The summed E-state index contributed by atoms with van der Waals surface area (Å²) in [7, 11) is 0. The summed E-state index contributed by atoms with van der Waals surface area (Å²) in [5.41, 5.74) is 8.32. The summed E-state index contributed by atoms with van der Waals surface area (Å²) in [5, 5.41) is 19.5. The van der Waals surface area contributed by atoms with E-state index in [0.717, 1.165) is 8.95 Å². The third-order valence-electron chi connectivity index (χ3n) is 1.60. The van der Waals surface area contributed by atoms with E-state index in [-0.39, 0.29) is 11.5 Å². The average molecular weight is 345 g/mol. The third kappa shape index (κ3) is 3.05. The number of nitriles is 1. The Morgan fingerprint density at radius 3 is 2.44 bits per heavy atom. The van der Waals surface area contributed by atoms with Crippen LogP contribution in [-0.4, -0.2) is 11.5 Å². The maximum Gasteiger partial charge on any atom is 0.201 e. The van der Waals surface area contributed by atoms with Crippen molar-refractivity contribution in [3.63, 3.8) is 0 Å². The van der Waals surface area contributed by atoms with Gasteiger partial charge in [0, 0.05) is 8.95 Å². The fourth-order valence-electron chi connectivity index (χ4n) is 0.862. The van der Waals surface area contributed by atoms with Gasteiger partial charge in [0.15, 0.2) is 5.84 Å². The molecule has 0 bridgehead atoms. The predicted octanol–water partition coefficient (Wildman–Crippen LogP) is 2.44. The molecule has 82 valence electrons. The molecule has 0 spiro atoms. The lowest BCUT2D eigenvalue weighted by molar-refractivity contribution is 1.31. The molecule has 0 aromatic heterocycles. The maximum atomic E-state index is 8.65. The van der Waals surface area contributed by atoms with Gasteiger partial charge in [0.25, 0.3) is 0 Å². The van der Waals surface area contributed by atoms with Gasteiger partial charge in [0.05, 0.1) is 5.69 Å². The van der Waals surface area contributed by atoms with Gasteiger partial charge in [-0.2, -0.15) is 10.4 Å². The zero-order valence-corrected chi connectivity index (χ0v) is 11.1. The molecule has 0 heterocycles. The van der Waals surface area contributed by atoms with E-state index in [0.29, 0.717) is 5.69 Å². The molecular formula is C9H7Br2N5. The monoisotopic (exact) mass is 343 g/mol. The number of hydrogen-bond acceptors (Lipinski definition) is 4. The number of benzene rings is 1. The Balaban J connectivity index is 2.99. The van der Waals surface area contributed by atoms with Crippen LogP contribution in [0, 0.1) is 16.7 Å². The molecule has 5 nitrogen and oxygen atoms in total. The number of nitrogens with one attached hydrogen (secondary N) is 2. The normalized spacial score (nSPS) is 10.7. The SMILES string of the molecule is N#C/C(=N\Nc1c(Br)cccc1Br)C(=N)N. The van der Waals surface area contributed by atoms with Gasteiger partial charge in [-0.25, -0.2) is 0 Å². The van der Waals surface area contributed by atoms with E-state index in [1.807, 2.05) is 18.2 Å². The highest BCUT2D eigenvalue weighted by atomic mass is 79.9. The summed E-state index contributed by atoms with van der Waals surface area (Å²) in [4.78, 5) is 0. The zero-order chi connectivity index (χ0) is 12.1. The van der Waals surface area contributed by atoms with E-state index in [4.69, 9.17) is 16.4 Å². The summed E-state index contributed by atoms with van der Waals surface area (Å²) in [6, 6.07) is 7.21. The smallest absolute Gasteiger partial charge is 0.201 e. The molecule has 0 saturated carbocycles. The Hall–Kier alpha value is -1.39. The van der Waals surface area contributed by atoms with E-state index in [2.05, 4.69) is 42.4 Å². The number of rotatable bonds is 3. The lowest BCUT2D eigenvalue weighted by Gasteiger charge is -2.06. The van der Waals surface area contributed by atoms with Gasteiger partial charge < -0.3 is 5.73 Å². The van der Waals surface area contributed by atoms with E-state index < -0.39 is 0 Å². The molecular weight excluding hydrogens is 338 g/mol. The molecule has 1 aromatic carbocycles. The summed E-state index contributed by atoms with van der Waals surface area (Å²) < 4.78 is 1.57. The van der Waals surface area contributed by atoms with Crippen LogP contribution in [0.1, 0.15) is 0 Å². The fraction of sp³-hybridized carbons (Fsp3) is 0. The Bertz CT molecular complexity index is 469. The lowest BCUT2D eigenvalue weighted by atomic mass is 10.3. The van der Waals surface area contributed by atoms with Gasteiger partial charge in [0.1, 0.15) is 6.07 Å². The minimum absolute atomic E-state index is 0.164. The standard InChI is InChI=1S/C9H7Br2N5/c10-5-2-1-3-6(11)8(5)16-15-7(4-12)9(13)14/h1-3,16H,(H3,13,14)/b15-7+. The maximum absolute atomic E-state index is 8.65. The zero-order valence-electron chi connectivity index (χ0n) is 7.96. The molecule has 0 radical (unpaired) electrons. The second-order valence-corrected chi connectivity index (χ2v) is 4.40. The number of hydrogen-bond donors (Lipinski definition) is 3. The molecule has 0 aliphatic carbocycles. The molecule has 1 aromatic rings. The molecule has 4 N–H and O–H groups in total. The molecule has 0 unspecified atom stereocenters. The number of para-hydroxylation sites is 1. The molecule has 0 saturated heterocycles. The number of hydrazone groups is 1. The first kappa shape index (κ1) is 12.7. The summed E-state index contributed by atoms with van der Waals surface area (Å²) in [6.07, 6.45) is 0. The Kier molecular flexibility index (Phi) is 4.46. The highest BCUT2D eigenvalue weighted by Crippen LogP contribution is 2.30. The second-order valence-electron chi connectivity index (χ2n) is 2.69. The van der Waals surface area contributed by atoms with Crippen molar-refractivity contribution < 1.29 is 0 Å². The summed E-state index contributed by atoms with van der Waals surface area (Å²) >= 11 is 6.65. The molecule has 0 fully saturated rings. The van der Waals surface area contributed by atoms with Crippen molar-refractivity contribution in [3.05, 3.63) is 27.1 Å². The van der Waals surface area contributed by atoms with Crippen LogP contribution in [0.2, 0.25) is 0 Å². The largest absolute Gasteiger partial charge is 0.382 e. The van der Waals surface area contributed by atoms with Gasteiger partial charge in [-0.05, 0) is 44.0 Å². The number of amidine groups is 1. The Morgan fingerprint density at radius 1 is 1.44 bits per heavy atom. The van der Waals surface area contributed by atoms with Crippen LogP contribution in [-0.2, 0) is 0 Å². The second kappa shape index (κ2) is 5.63. The van der Waals surface area contributed by atoms with Crippen LogP contribution in [0.3, 0.4) is 0 Å². The number of nitrogens with two attached hydrogens (primary N) is 1. The van der Waals surface area contributed by atoms with Crippen LogP contribution in [0.25, 0.3) is 0 Å². The topological polar surface area (TPSA) is 98.0 Å². The fourth-order valence-corrected chi connectivity index (χ4v) is 2.04. The van der Waals surface area contributed by atoms with Gasteiger partial charge in [-0.1, -0.05) is 6.07 Å². The third-order valence-corrected chi connectivity index (χ3v) is 2.92. The first-order valence-electron chi connectivity index (χ1n) is 4.08. The molecule has 0 atom stereocenters. The van der Waals surface area contributed by atoms with Crippen molar-refractivity contribution in [3.8, 4) is 6.07 Å². The van der Waals surface area contributed by atoms with Crippen LogP contribution in [0.4, 0.5) is 5.69 Å². The first-order valence-corrected chi connectivity index (χ1v) is 5.67. The van der Waals surface area contributed by atoms with Crippen molar-refractivity contribution in [2.75, 3.05) is 5.43 Å². The van der Waals surface area contributed by atoms with Crippen molar-refractivity contribution in [1.29, 1.82) is 10.7 Å². The van der Waals surface area contributed by atoms with Crippen LogP contribution in [0.15, 0.2) is 32.2 Å². The van der Waals surface area contributed by atoms with Gasteiger partial charge in [0.2, 0.25) is 5.71 Å². The summed E-state index contributed by atoms with van der Waals surface area (Å²) in [5.74, 6) is -0.377. The number of nitrogens with zero attached hydrogens (tertiary/aromatic N) is 2. The Labute approximate surface area is 109 Å². The minimum atomic E-state index is -0.377. The quantitative estimate of drug-likeness (QED) is 0.446. The molecule has 0 aliphatic rings. The van der Waals surface area contributed by atoms with Gasteiger partial charge >= 0.3 is 0 Å². The molecule has 0 aliphatic heterocycles. The molecule has 16 heavy (non-hydrogen) atoms. The van der Waals surface area contributed by atoms with E-state index in [1.54, 1.807) is 6.07 Å². The molecule has 1 rings (SSSR count). The number of halogens is 2.